The monoisotopic (exact) mass is 238 g/mol. The molecule has 0 aromatic carbocycles. The minimum atomic E-state index is -0.829. The zero-order valence-corrected chi connectivity index (χ0v) is 9.12. The highest BCUT2D eigenvalue weighted by Crippen LogP contribution is 2.24. The van der Waals surface area contributed by atoms with Crippen molar-refractivity contribution in [1.29, 1.82) is 0 Å². The predicted octanol–water partition coefficient (Wildman–Crippen LogP) is 1.90. The lowest BCUT2D eigenvalue weighted by atomic mass is 10.5. The molecule has 0 aliphatic carbocycles. The fourth-order valence-corrected chi connectivity index (χ4v) is 2.11. The van der Waals surface area contributed by atoms with Gasteiger partial charge in [-0.2, -0.15) is 0 Å². The molecule has 0 fully saturated rings. The summed E-state index contributed by atoms with van der Waals surface area (Å²) < 4.78 is 4.18. The maximum atomic E-state index is 10.5. The number of halogens is 1. The van der Waals surface area contributed by atoms with Crippen molar-refractivity contribution in [2.45, 2.75) is 17.9 Å². The Morgan fingerprint density at radius 1 is 1.85 bits per heavy atom. The molecule has 0 saturated carbocycles. The average Bonchev–Trinajstić information content (AvgIpc) is 2.47. The van der Waals surface area contributed by atoms with Crippen LogP contribution in [-0.4, -0.2) is 25.9 Å². The van der Waals surface area contributed by atoms with Crippen molar-refractivity contribution >= 4 is 40.9 Å². The van der Waals surface area contributed by atoms with Gasteiger partial charge in [-0.05, 0) is 6.92 Å². The number of aromatic nitrogens is 2. The van der Waals surface area contributed by atoms with E-state index < -0.39 is 11.2 Å². The van der Waals surface area contributed by atoms with Gasteiger partial charge in [0.25, 0.3) is 0 Å². The van der Waals surface area contributed by atoms with E-state index in [2.05, 4.69) is 9.59 Å². The molecule has 7 heteroatoms. The molecule has 0 aliphatic heterocycles. The van der Waals surface area contributed by atoms with Gasteiger partial charge >= 0.3 is 5.97 Å². The van der Waals surface area contributed by atoms with Crippen LogP contribution in [0.3, 0.4) is 0 Å². The standard InChI is InChI=1S/C6H7ClN2O2S2/c1-3(6(10)11)12-2-4-5(7)13-9-8-4/h3H,2H2,1H3,(H,10,11). The van der Waals surface area contributed by atoms with Crippen LogP contribution >= 0.6 is 34.9 Å². The normalized spacial score (nSPS) is 12.8. The SMILES string of the molecule is CC(SCc1nnsc1Cl)C(=O)O. The second-order valence-electron chi connectivity index (χ2n) is 2.28. The van der Waals surface area contributed by atoms with Crippen LogP contribution in [0.25, 0.3) is 0 Å². The molecule has 1 atom stereocenters. The van der Waals surface area contributed by atoms with Crippen molar-refractivity contribution in [3.05, 3.63) is 10.0 Å². The van der Waals surface area contributed by atoms with Gasteiger partial charge in [-0.1, -0.05) is 16.1 Å². The molecule has 0 radical (unpaired) electrons. The molecular formula is C6H7ClN2O2S2. The first-order valence-electron chi connectivity index (χ1n) is 3.42. The fourth-order valence-electron chi connectivity index (χ4n) is 0.558. The molecule has 0 amide bonds. The van der Waals surface area contributed by atoms with Crippen molar-refractivity contribution in [3.63, 3.8) is 0 Å². The zero-order chi connectivity index (χ0) is 9.84. The molecule has 1 aromatic rings. The Labute approximate surface area is 88.5 Å². The summed E-state index contributed by atoms with van der Waals surface area (Å²) in [6, 6.07) is 0. The van der Waals surface area contributed by atoms with Gasteiger partial charge in [0.2, 0.25) is 0 Å². The van der Waals surface area contributed by atoms with E-state index in [0.29, 0.717) is 15.8 Å². The first-order valence-corrected chi connectivity index (χ1v) is 5.62. The van der Waals surface area contributed by atoms with E-state index in [4.69, 9.17) is 16.7 Å². The number of aliphatic carboxylic acids is 1. The molecular weight excluding hydrogens is 232 g/mol. The van der Waals surface area contributed by atoms with Gasteiger partial charge in [0, 0.05) is 17.3 Å². The van der Waals surface area contributed by atoms with Crippen LogP contribution in [0.4, 0.5) is 0 Å². The number of carbonyl (C=O) groups is 1. The summed E-state index contributed by atoms with van der Waals surface area (Å²) >= 11 is 8.12. The Morgan fingerprint density at radius 2 is 2.54 bits per heavy atom. The highest BCUT2D eigenvalue weighted by Gasteiger charge is 2.13. The highest BCUT2D eigenvalue weighted by atomic mass is 35.5. The molecule has 0 aliphatic rings. The summed E-state index contributed by atoms with van der Waals surface area (Å²) in [6.45, 7) is 1.63. The second kappa shape index (κ2) is 4.78. The van der Waals surface area contributed by atoms with Crippen molar-refractivity contribution in [1.82, 2.24) is 9.59 Å². The lowest BCUT2D eigenvalue weighted by molar-refractivity contribution is -0.136. The van der Waals surface area contributed by atoms with E-state index in [9.17, 15) is 4.79 Å². The second-order valence-corrected chi connectivity index (χ2v) is 4.97. The van der Waals surface area contributed by atoms with E-state index in [1.54, 1.807) is 6.92 Å². The Bertz CT molecular complexity index is 305. The van der Waals surface area contributed by atoms with Gasteiger partial charge < -0.3 is 5.11 Å². The van der Waals surface area contributed by atoms with Gasteiger partial charge in [0.15, 0.2) is 0 Å². The van der Waals surface area contributed by atoms with Crippen LogP contribution in [0.1, 0.15) is 12.6 Å². The van der Waals surface area contributed by atoms with Crippen molar-refractivity contribution in [3.8, 4) is 0 Å². The number of carboxylic acids is 1. The van der Waals surface area contributed by atoms with E-state index >= 15 is 0 Å². The summed E-state index contributed by atoms with van der Waals surface area (Å²) in [6.07, 6.45) is 0. The van der Waals surface area contributed by atoms with Gasteiger partial charge in [-0.3, -0.25) is 4.79 Å². The number of nitrogens with zero attached hydrogens (tertiary/aromatic N) is 2. The minimum Gasteiger partial charge on any atom is -0.480 e. The number of thioether (sulfide) groups is 1. The third kappa shape index (κ3) is 3.13. The van der Waals surface area contributed by atoms with Crippen molar-refractivity contribution in [2.75, 3.05) is 0 Å². The van der Waals surface area contributed by atoms with E-state index in [0.717, 1.165) is 11.5 Å². The number of carboxylic acid groups (broad SMARTS) is 1. The molecule has 1 rings (SSSR count). The van der Waals surface area contributed by atoms with Gasteiger partial charge in [0.05, 0.1) is 5.25 Å². The maximum absolute atomic E-state index is 10.5. The number of rotatable bonds is 4. The first kappa shape index (κ1) is 10.7. The van der Waals surface area contributed by atoms with E-state index in [1.807, 2.05) is 0 Å². The molecule has 1 heterocycles. The van der Waals surface area contributed by atoms with Crippen LogP contribution in [-0.2, 0) is 10.5 Å². The number of hydrogen-bond acceptors (Lipinski definition) is 5. The maximum Gasteiger partial charge on any atom is 0.316 e. The van der Waals surface area contributed by atoms with Crippen LogP contribution in [0.2, 0.25) is 4.34 Å². The molecule has 0 saturated heterocycles. The van der Waals surface area contributed by atoms with Gasteiger partial charge in [-0.15, -0.1) is 16.9 Å². The molecule has 0 spiro atoms. The van der Waals surface area contributed by atoms with Crippen LogP contribution in [0.15, 0.2) is 0 Å². The highest BCUT2D eigenvalue weighted by molar-refractivity contribution is 7.99. The van der Waals surface area contributed by atoms with Crippen LogP contribution in [0.5, 0.6) is 0 Å². The molecule has 13 heavy (non-hydrogen) atoms. The van der Waals surface area contributed by atoms with Crippen molar-refractivity contribution in [2.24, 2.45) is 0 Å². The summed E-state index contributed by atoms with van der Waals surface area (Å²) in [5, 5.41) is 11.9. The molecule has 0 bridgehead atoms. The Morgan fingerprint density at radius 3 is 3.00 bits per heavy atom. The molecule has 1 unspecified atom stereocenters. The first-order chi connectivity index (χ1) is 6.11. The summed E-state index contributed by atoms with van der Waals surface area (Å²) in [5.74, 6) is -0.340. The summed E-state index contributed by atoms with van der Waals surface area (Å²) in [7, 11) is 0. The Kier molecular flexibility index (Phi) is 3.95. The quantitative estimate of drug-likeness (QED) is 0.868. The molecule has 1 aromatic heterocycles. The van der Waals surface area contributed by atoms with Crippen molar-refractivity contribution < 1.29 is 9.90 Å². The largest absolute Gasteiger partial charge is 0.480 e. The van der Waals surface area contributed by atoms with E-state index in [1.165, 1.54) is 11.8 Å². The van der Waals surface area contributed by atoms with E-state index in [-0.39, 0.29) is 0 Å². The third-order valence-electron chi connectivity index (χ3n) is 1.33. The smallest absolute Gasteiger partial charge is 0.316 e. The lowest BCUT2D eigenvalue weighted by Crippen LogP contribution is -2.11. The predicted molar refractivity (Wildman–Crippen MR) is 53.3 cm³/mol. The molecule has 1 N–H and O–H groups in total. The zero-order valence-electron chi connectivity index (χ0n) is 6.73. The Balaban J connectivity index is 2.44. The van der Waals surface area contributed by atoms with Crippen LogP contribution < -0.4 is 0 Å². The average molecular weight is 239 g/mol. The molecule has 4 nitrogen and oxygen atoms in total. The Hall–Kier alpha value is -0.330. The van der Waals surface area contributed by atoms with Gasteiger partial charge in [0.1, 0.15) is 10.0 Å². The summed E-state index contributed by atoms with van der Waals surface area (Å²) in [4.78, 5) is 10.5. The van der Waals surface area contributed by atoms with Crippen LogP contribution in [0, 0.1) is 0 Å². The molecule has 72 valence electrons. The topological polar surface area (TPSA) is 63.1 Å². The minimum absolute atomic E-state index is 0.447. The third-order valence-corrected chi connectivity index (χ3v) is 3.45. The summed E-state index contributed by atoms with van der Waals surface area (Å²) in [5.41, 5.74) is 0.657. The van der Waals surface area contributed by atoms with Gasteiger partial charge in [-0.25, -0.2) is 0 Å². The number of hydrogen-bond donors (Lipinski definition) is 1. The lowest BCUT2D eigenvalue weighted by Gasteiger charge is -2.02. The fraction of sp³-hybridized carbons (Fsp3) is 0.500.